The van der Waals surface area contributed by atoms with E-state index in [2.05, 4.69) is 25.8 Å². The van der Waals surface area contributed by atoms with E-state index in [1.165, 1.54) is 6.07 Å². The molecule has 1 aromatic heterocycles. The van der Waals surface area contributed by atoms with Crippen LogP contribution in [0, 0.1) is 11.6 Å². The molecule has 0 bridgehead atoms. The number of carbonyl (C=O) groups excluding carboxylic acids is 2. The van der Waals surface area contributed by atoms with Crippen LogP contribution in [0.25, 0.3) is 0 Å². The molecule has 0 radical (unpaired) electrons. The van der Waals surface area contributed by atoms with E-state index in [1.807, 2.05) is 30.3 Å². The average molecular weight is 397 g/mol. The number of anilines is 1. The van der Waals surface area contributed by atoms with Crippen LogP contribution in [-0.2, 0) is 17.6 Å². The van der Waals surface area contributed by atoms with Crippen molar-refractivity contribution in [3.8, 4) is 0 Å². The van der Waals surface area contributed by atoms with E-state index in [0.717, 1.165) is 5.56 Å². The van der Waals surface area contributed by atoms with Gasteiger partial charge in [0.1, 0.15) is 23.5 Å². The fraction of sp³-hybridized carbons (Fsp3) is 0.200. The molecule has 1 atom stereocenters. The summed E-state index contributed by atoms with van der Waals surface area (Å²) in [7, 11) is 0. The molecule has 3 N–H and O–H groups in total. The van der Waals surface area contributed by atoms with Crippen LogP contribution in [-0.4, -0.2) is 33.0 Å². The molecule has 2 aromatic carbocycles. The predicted octanol–water partition coefficient (Wildman–Crippen LogP) is 2.36. The fourth-order valence-corrected chi connectivity index (χ4v) is 3.23. The highest BCUT2D eigenvalue weighted by atomic mass is 19.1. The van der Waals surface area contributed by atoms with Crippen LogP contribution < -0.4 is 10.6 Å². The minimum Gasteiger partial charge on any atom is -0.337 e. The quantitative estimate of drug-likeness (QED) is 0.629. The number of nitrogens with one attached hydrogen (secondary N) is 3. The highest BCUT2D eigenvalue weighted by Crippen LogP contribution is 2.26. The van der Waals surface area contributed by atoms with E-state index in [0.29, 0.717) is 23.9 Å². The molecule has 1 aliphatic heterocycles. The number of carbonyl (C=O) groups is 2. The predicted molar refractivity (Wildman–Crippen MR) is 100 cm³/mol. The Hall–Kier alpha value is -3.62. The van der Waals surface area contributed by atoms with Gasteiger partial charge in [0.15, 0.2) is 0 Å². The van der Waals surface area contributed by atoms with Crippen molar-refractivity contribution in [2.45, 2.75) is 25.3 Å². The van der Waals surface area contributed by atoms with Crippen LogP contribution in [0.4, 0.5) is 14.5 Å². The Morgan fingerprint density at radius 2 is 2.00 bits per heavy atom. The maximum atomic E-state index is 14.0. The Morgan fingerprint density at radius 3 is 2.79 bits per heavy atom. The lowest BCUT2D eigenvalue weighted by atomic mass is 10.1. The maximum Gasteiger partial charge on any atom is 0.291 e. The van der Waals surface area contributed by atoms with Crippen molar-refractivity contribution in [3.63, 3.8) is 0 Å². The first kappa shape index (κ1) is 18.7. The summed E-state index contributed by atoms with van der Waals surface area (Å²) in [6, 6.07) is 10.5. The van der Waals surface area contributed by atoms with Gasteiger partial charge in [0, 0.05) is 12.5 Å². The Labute approximate surface area is 164 Å². The standard InChI is InChI=1S/C20H17F2N5O2/c21-13-9-12-6-7-15(19(28)25-17(12)14(22)10-13)23-20(29)18-24-16(26-27-18)8-11-4-2-1-3-5-11/h1-5,9-10,15H,6-8H2,(H,23,29)(H,25,28)(H,24,26,27)/t15-/m0/s1. The second kappa shape index (κ2) is 7.78. The molecule has 0 unspecified atom stereocenters. The van der Waals surface area contributed by atoms with E-state index in [-0.39, 0.29) is 24.4 Å². The summed E-state index contributed by atoms with van der Waals surface area (Å²) in [5.74, 6) is -2.36. The number of fused-ring (bicyclic) bond motifs is 1. The van der Waals surface area contributed by atoms with Crippen molar-refractivity contribution in [2.75, 3.05) is 5.32 Å². The molecule has 9 heteroatoms. The molecule has 148 valence electrons. The molecule has 29 heavy (non-hydrogen) atoms. The molecule has 2 amide bonds. The Kier molecular flexibility index (Phi) is 5.03. The van der Waals surface area contributed by atoms with Gasteiger partial charge in [0.05, 0.1) is 5.69 Å². The van der Waals surface area contributed by atoms with Gasteiger partial charge in [-0.2, -0.15) is 0 Å². The maximum absolute atomic E-state index is 14.0. The van der Waals surface area contributed by atoms with Gasteiger partial charge in [-0.1, -0.05) is 30.3 Å². The third-order valence-electron chi connectivity index (χ3n) is 4.66. The van der Waals surface area contributed by atoms with Gasteiger partial charge in [0.25, 0.3) is 5.91 Å². The molecule has 0 aliphatic carbocycles. The molecule has 0 fully saturated rings. The van der Waals surface area contributed by atoms with Crippen molar-refractivity contribution >= 4 is 17.5 Å². The van der Waals surface area contributed by atoms with Gasteiger partial charge in [-0.3, -0.25) is 14.7 Å². The van der Waals surface area contributed by atoms with Gasteiger partial charge < -0.3 is 10.6 Å². The Balaban J connectivity index is 1.44. The SMILES string of the molecule is O=C(N[C@H]1CCc2cc(F)cc(F)c2NC1=O)c1n[nH]c(Cc2ccccc2)n1. The summed E-state index contributed by atoms with van der Waals surface area (Å²) in [5, 5.41) is 11.6. The number of aromatic nitrogens is 3. The number of aryl methyl sites for hydroxylation is 1. The third-order valence-corrected chi connectivity index (χ3v) is 4.66. The topological polar surface area (TPSA) is 99.8 Å². The Morgan fingerprint density at radius 1 is 1.21 bits per heavy atom. The van der Waals surface area contributed by atoms with E-state index in [9.17, 15) is 18.4 Å². The van der Waals surface area contributed by atoms with E-state index < -0.39 is 29.5 Å². The lowest BCUT2D eigenvalue weighted by Gasteiger charge is -2.14. The third kappa shape index (κ3) is 4.13. The summed E-state index contributed by atoms with van der Waals surface area (Å²) < 4.78 is 27.4. The zero-order valence-corrected chi connectivity index (χ0v) is 15.2. The lowest BCUT2D eigenvalue weighted by molar-refractivity contribution is -0.118. The number of benzene rings is 2. The van der Waals surface area contributed by atoms with Crippen LogP contribution in [0.5, 0.6) is 0 Å². The smallest absolute Gasteiger partial charge is 0.291 e. The van der Waals surface area contributed by atoms with Crippen LogP contribution in [0.1, 0.15) is 34.0 Å². The molecule has 0 saturated carbocycles. The number of H-pyrrole nitrogens is 1. The molecule has 4 rings (SSSR count). The van der Waals surface area contributed by atoms with Crippen LogP contribution >= 0.6 is 0 Å². The number of hydrogen-bond donors (Lipinski definition) is 3. The number of amides is 2. The fourth-order valence-electron chi connectivity index (χ4n) is 3.23. The van der Waals surface area contributed by atoms with Crippen molar-refractivity contribution < 1.29 is 18.4 Å². The van der Waals surface area contributed by atoms with Crippen molar-refractivity contribution in [2.24, 2.45) is 0 Å². The molecular formula is C20H17F2N5O2. The largest absolute Gasteiger partial charge is 0.337 e. The van der Waals surface area contributed by atoms with Gasteiger partial charge in [-0.15, -0.1) is 5.10 Å². The molecule has 0 saturated heterocycles. The average Bonchev–Trinajstić information content (AvgIpc) is 3.10. The number of aromatic amines is 1. The highest BCUT2D eigenvalue weighted by molar-refractivity contribution is 6.00. The number of halogens is 2. The second-order valence-electron chi connectivity index (χ2n) is 6.74. The summed E-state index contributed by atoms with van der Waals surface area (Å²) in [6.45, 7) is 0. The molecule has 1 aliphatic rings. The normalized spacial score (nSPS) is 15.9. The summed E-state index contributed by atoms with van der Waals surface area (Å²) in [6.07, 6.45) is 0.890. The van der Waals surface area contributed by atoms with Gasteiger partial charge >= 0.3 is 0 Å². The summed E-state index contributed by atoms with van der Waals surface area (Å²) >= 11 is 0. The van der Waals surface area contributed by atoms with Crippen molar-refractivity contribution in [1.82, 2.24) is 20.5 Å². The van der Waals surface area contributed by atoms with Crippen LogP contribution in [0.3, 0.4) is 0 Å². The van der Waals surface area contributed by atoms with Gasteiger partial charge in [0.2, 0.25) is 11.7 Å². The number of nitrogens with zero attached hydrogens (tertiary/aromatic N) is 2. The first-order valence-electron chi connectivity index (χ1n) is 9.04. The molecule has 7 nitrogen and oxygen atoms in total. The van der Waals surface area contributed by atoms with Gasteiger partial charge in [-0.05, 0) is 30.0 Å². The first-order chi connectivity index (χ1) is 14.0. The van der Waals surface area contributed by atoms with E-state index >= 15 is 0 Å². The van der Waals surface area contributed by atoms with Crippen LogP contribution in [0.2, 0.25) is 0 Å². The summed E-state index contributed by atoms with van der Waals surface area (Å²) in [5.41, 5.74) is 1.29. The van der Waals surface area contributed by atoms with E-state index in [1.54, 1.807) is 0 Å². The first-order valence-corrected chi connectivity index (χ1v) is 9.04. The molecule has 0 spiro atoms. The molecular weight excluding hydrogens is 380 g/mol. The number of rotatable bonds is 4. The Bertz CT molecular complexity index is 1070. The van der Waals surface area contributed by atoms with Crippen LogP contribution in [0.15, 0.2) is 42.5 Å². The second-order valence-corrected chi connectivity index (χ2v) is 6.74. The van der Waals surface area contributed by atoms with Gasteiger partial charge in [-0.25, -0.2) is 13.8 Å². The zero-order chi connectivity index (χ0) is 20.4. The molecule has 3 aromatic rings. The summed E-state index contributed by atoms with van der Waals surface area (Å²) in [4.78, 5) is 29.0. The van der Waals surface area contributed by atoms with Crippen molar-refractivity contribution in [1.29, 1.82) is 0 Å². The minimum absolute atomic E-state index is 0.0591. The highest BCUT2D eigenvalue weighted by Gasteiger charge is 2.28. The van der Waals surface area contributed by atoms with E-state index in [4.69, 9.17) is 0 Å². The minimum atomic E-state index is -0.923. The molecule has 2 heterocycles. The zero-order valence-electron chi connectivity index (χ0n) is 15.2. The monoisotopic (exact) mass is 397 g/mol. The number of hydrogen-bond acceptors (Lipinski definition) is 4. The lowest BCUT2D eigenvalue weighted by Crippen LogP contribution is -2.43. The van der Waals surface area contributed by atoms with Crippen molar-refractivity contribution in [3.05, 3.63) is 76.9 Å².